The summed E-state index contributed by atoms with van der Waals surface area (Å²) in [4.78, 5) is 12.0. The second kappa shape index (κ2) is 6.57. The van der Waals surface area contributed by atoms with Gasteiger partial charge in [-0.3, -0.25) is 4.79 Å². The molecular formula is C15H18ClN3O. The Balaban J connectivity index is 2.08. The van der Waals surface area contributed by atoms with Crippen LogP contribution in [-0.4, -0.2) is 21.7 Å². The molecule has 0 fully saturated rings. The maximum Gasteiger partial charge on any atom is 0.254 e. The first-order chi connectivity index (χ1) is 9.60. The van der Waals surface area contributed by atoms with Crippen molar-refractivity contribution in [3.05, 3.63) is 47.2 Å². The molecule has 0 spiro atoms. The molecule has 1 amide bonds. The normalized spacial score (nSPS) is 12.2. The highest BCUT2D eigenvalue weighted by Crippen LogP contribution is 2.13. The first kappa shape index (κ1) is 14.6. The highest BCUT2D eigenvalue weighted by atomic mass is 35.5. The summed E-state index contributed by atoms with van der Waals surface area (Å²) in [5.41, 5.74) is 1.43. The molecule has 20 heavy (non-hydrogen) atoms. The minimum absolute atomic E-state index is 0.0915. The zero-order valence-corrected chi connectivity index (χ0v) is 12.4. The molecule has 0 bridgehead atoms. The molecule has 0 aliphatic carbocycles. The van der Waals surface area contributed by atoms with Crippen LogP contribution >= 0.6 is 11.6 Å². The third-order valence-electron chi connectivity index (χ3n) is 3.04. The van der Waals surface area contributed by atoms with E-state index in [1.54, 1.807) is 29.2 Å². The van der Waals surface area contributed by atoms with Crippen LogP contribution in [0, 0.1) is 0 Å². The topological polar surface area (TPSA) is 46.9 Å². The van der Waals surface area contributed by atoms with E-state index in [0.717, 1.165) is 18.5 Å². The number of hydrogen-bond donors (Lipinski definition) is 1. The first-order valence-corrected chi connectivity index (χ1v) is 7.09. The van der Waals surface area contributed by atoms with Crippen LogP contribution in [-0.2, 0) is 0 Å². The van der Waals surface area contributed by atoms with Gasteiger partial charge in [0, 0.05) is 17.3 Å². The summed E-state index contributed by atoms with van der Waals surface area (Å²) in [5.74, 6) is -0.0915. The number of aromatic nitrogens is 2. The Bertz CT molecular complexity index is 577. The van der Waals surface area contributed by atoms with Crippen LogP contribution in [0.2, 0.25) is 5.02 Å². The van der Waals surface area contributed by atoms with E-state index in [-0.39, 0.29) is 11.9 Å². The van der Waals surface area contributed by atoms with Crippen molar-refractivity contribution >= 4 is 17.5 Å². The lowest BCUT2D eigenvalue weighted by atomic mass is 10.2. The number of amides is 1. The maximum absolute atomic E-state index is 12.0. The van der Waals surface area contributed by atoms with E-state index in [9.17, 15) is 4.79 Å². The van der Waals surface area contributed by atoms with Crippen LogP contribution in [0.4, 0.5) is 0 Å². The third kappa shape index (κ3) is 3.61. The van der Waals surface area contributed by atoms with E-state index < -0.39 is 0 Å². The fourth-order valence-corrected chi connectivity index (χ4v) is 2.11. The summed E-state index contributed by atoms with van der Waals surface area (Å²) >= 11 is 5.85. The van der Waals surface area contributed by atoms with Crippen molar-refractivity contribution in [2.75, 3.05) is 0 Å². The minimum Gasteiger partial charge on any atom is -0.349 e. The lowest BCUT2D eigenvalue weighted by molar-refractivity contribution is 0.0938. The monoisotopic (exact) mass is 291 g/mol. The largest absolute Gasteiger partial charge is 0.349 e. The van der Waals surface area contributed by atoms with Crippen molar-refractivity contribution in [1.82, 2.24) is 15.1 Å². The SMILES string of the molecule is CCCC(C)NC(=O)c1cnn(-c2ccc(Cl)cc2)c1. The van der Waals surface area contributed by atoms with Crippen molar-refractivity contribution in [2.45, 2.75) is 32.7 Å². The second-order valence-corrected chi connectivity index (χ2v) is 5.25. The van der Waals surface area contributed by atoms with E-state index in [2.05, 4.69) is 17.3 Å². The van der Waals surface area contributed by atoms with E-state index in [4.69, 9.17) is 11.6 Å². The van der Waals surface area contributed by atoms with Gasteiger partial charge in [0.05, 0.1) is 17.4 Å². The average molecular weight is 292 g/mol. The van der Waals surface area contributed by atoms with Gasteiger partial charge in [-0.15, -0.1) is 0 Å². The fraction of sp³-hybridized carbons (Fsp3) is 0.333. The molecule has 0 aliphatic rings. The maximum atomic E-state index is 12.0. The summed E-state index contributed by atoms with van der Waals surface area (Å²) in [6.07, 6.45) is 5.31. The number of benzene rings is 1. The van der Waals surface area contributed by atoms with E-state index in [1.807, 2.05) is 19.1 Å². The molecular weight excluding hydrogens is 274 g/mol. The van der Waals surface area contributed by atoms with Gasteiger partial charge in [0.1, 0.15) is 0 Å². The molecule has 1 heterocycles. The van der Waals surface area contributed by atoms with E-state index in [1.165, 1.54) is 0 Å². The van der Waals surface area contributed by atoms with Gasteiger partial charge in [0.15, 0.2) is 0 Å². The molecule has 0 saturated heterocycles. The van der Waals surface area contributed by atoms with Crippen molar-refractivity contribution in [1.29, 1.82) is 0 Å². The summed E-state index contributed by atoms with van der Waals surface area (Å²) in [6, 6.07) is 7.47. The molecule has 1 aromatic heterocycles. The highest BCUT2D eigenvalue weighted by molar-refractivity contribution is 6.30. The minimum atomic E-state index is -0.0915. The van der Waals surface area contributed by atoms with Gasteiger partial charge < -0.3 is 5.32 Å². The smallest absolute Gasteiger partial charge is 0.254 e. The summed E-state index contributed by atoms with van der Waals surface area (Å²) < 4.78 is 1.66. The Morgan fingerprint density at radius 3 is 2.75 bits per heavy atom. The van der Waals surface area contributed by atoms with Crippen LogP contribution in [0.25, 0.3) is 5.69 Å². The molecule has 0 aliphatic heterocycles. The third-order valence-corrected chi connectivity index (χ3v) is 3.29. The Morgan fingerprint density at radius 1 is 1.40 bits per heavy atom. The Morgan fingerprint density at radius 2 is 2.10 bits per heavy atom. The van der Waals surface area contributed by atoms with Gasteiger partial charge in [0.2, 0.25) is 0 Å². The van der Waals surface area contributed by atoms with Gasteiger partial charge in [0.25, 0.3) is 5.91 Å². The molecule has 1 unspecified atom stereocenters. The van der Waals surface area contributed by atoms with Crippen LogP contribution in [0.3, 0.4) is 0 Å². The molecule has 1 atom stereocenters. The molecule has 1 aromatic carbocycles. The Labute approximate surface area is 123 Å². The van der Waals surface area contributed by atoms with Crippen LogP contribution < -0.4 is 5.32 Å². The molecule has 2 rings (SSSR count). The Kier molecular flexibility index (Phi) is 4.79. The van der Waals surface area contributed by atoms with Gasteiger partial charge in [-0.2, -0.15) is 5.10 Å². The quantitative estimate of drug-likeness (QED) is 0.917. The lowest BCUT2D eigenvalue weighted by Crippen LogP contribution is -2.32. The van der Waals surface area contributed by atoms with Crippen LogP contribution in [0.1, 0.15) is 37.0 Å². The zero-order chi connectivity index (χ0) is 14.5. The molecule has 1 N–H and O–H groups in total. The van der Waals surface area contributed by atoms with Crippen LogP contribution in [0.15, 0.2) is 36.7 Å². The predicted octanol–water partition coefficient (Wildman–Crippen LogP) is 3.44. The van der Waals surface area contributed by atoms with Crippen molar-refractivity contribution < 1.29 is 4.79 Å². The number of carbonyl (C=O) groups excluding carboxylic acids is 1. The van der Waals surface area contributed by atoms with E-state index >= 15 is 0 Å². The number of nitrogens with one attached hydrogen (secondary N) is 1. The van der Waals surface area contributed by atoms with Gasteiger partial charge in [-0.1, -0.05) is 24.9 Å². The van der Waals surface area contributed by atoms with Crippen molar-refractivity contribution in [3.8, 4) is 5.69 Å². The first-order valence-electron chi connectivity index (χ1n) is 6.71. The van der Waals surface area contributed by atoms with Gasteiger partial charge in [-0.05, 0) is 37.6 Å². The Hall–Kier alpha value is -1.81. The molecule has 0 radical (unpaired) electrons. The highest BCUT2D eigenvalue weighted by Gasteiger charge is 2.11. The number of hydrogen-bond acceptors (Lipinski definition) is 2. The molecule has 5 heteroatoms. The zero-order valence-electron chi connectivity index (χ0n) is 11.6. The molecule has 4 nitrogen and oxygen atoms in total. The molecule has 0 saturated carbocycles. The van der Waals surface area contributed by atoms with Crippen LogP contribution in [0.5, 0.6) is 0 Å². The number of carbonyl (C=O) groups is 1. The molecule has 106 valence electrons. The molecule has 2 aromatic rings. The standard InChI is InChI=1S/C15H18ClN3O/c1-3-4-11(2)18-15(20)12-9-17-19(10-12)14-7-5-13(16)6-8-14/h5-11H,3-4H2,1-2H3,(H,18,20). The average Bonchev–Trinajstić information content (AvgIpc) is 2.89. The van der Waals surface area contributed by atoms with Gasteiger partial charge >= 0.3 is 0 Å². The van der Waals surface area contributed by atoms with Crippen molar-refractivity contribution in [2.24, 2.45) is 0 Å². The van der Waals surface area contributed by atoms with E-state index in [0.29, 0.717) is 10.6 Å². The predicted molar refractivity (Wildman–Crippen MR) is 80.4 cm³/mol. The number of rotatable bonds is 5. The van der Waals surface area contributed by atoms with Gasteiger partial charge in [-0.25, -0.2) is 4.68 Å². The summed E-state index contributed by atoms with van der Waals surface area (Å²) in [5, 5.41) is 7.83. The number of nitrogens with zero attached hydrogens (tertiary/aromatic N) is 2. The lowest BCUT2D eigenvalue weighted by Gasteiger charge is -2.11. The second-order valence-electron chi connectivity index (χ2n) is 4.81. The summed E-state index contributed by atoms with van der Waals surface area (Å²) in [6.45, 7) is 4.10. The number of halogens is 1. The fourth-order valence-electron chi connectivity index (χ4n) is 1.99. The summed E-state index contributed by atoms with van der Waals surface area (Å²) in [7, 11) is 0. The van der Waals surface area contributed by atoms with Crippen molar-refractivity contribution in [3.63, 3.8) is 0 Å².